The van der Waals surface area contributed by atoms with E-state index in [0.717, 1.165) is 24.9 Å². The van der Waals surface area contributed by atoms with Crippen molar-refractivity contribution < 1.29 is 13.9 Å². The van der Waals surface area contributed by atoms with Gasteiger partial charge in [-0.25, -0.2) is 0 Å². The molecule has 0 aliphatic rings. The fourth-order valence-corrected chi connectivity index (χ4v) is 3.11. The first-order valence-corrected chi connectivity index (χ1v) is 9.87. The lowest BCUT2D eigenvalue weighted by molar-refractivity contribution is 0.0992. The van der Waals surface area contributed by atoms with Gasteiger partial charge in [0.2, 0.25) is 0 Å². The molecular formula is C22H21Cl2NO3. The molecule has 0 bridgehead atoms. The molecule has 0 unspecified atom stereocenters. The summed E-state index contributed by atoms with van der Waals surface area (Å²) < 4.78 is 11.2. The number of anilines is 1. The molecule has 1 amide bonds. The first-order chi connectivity index (χ1) is 13.5. The van der Waals surface area contributed by atoms with Crippen molar-refractivity contribution >= 4 is 34.8 Å². The molecule has 6 heteroatoms. The van der Waals surface area contributed by atoms with Crippen molar-refractivity contribution in [3.63, 3.8) is 0 Å². The zero-order valence-corrected chi connectivity index (χ0v) is 17.0. The molecule has 0 spiro atoms. The third-order valence-corrected chi connectivity index (χ3v) is 4.71. The van der Waals surface area contributed by atoms with E-state index in [4.69, 9.17) is 32.4 Å². The van der Waals surface area contributed by atoms with E-state index in [9.17, 15) is 4.79 Å². The number of amides is 1. The maximum atomic E-state index is 12.4. The number of ether oxygens (including phenoxy) is 1. The first kappa shape index (κ1) is 20.3. The zero-order chi connectivity index (χ0) is 19.9. The summed E-state index contributed by atoms with van der Waals surface area (Å²) in [6.07, 6.45) is 3.36. The third kappa shape index (κ3) is 5.54. The number of carbonyl (C=O) groups is 1. The Balaban J connectivity index is 1.56. The molecule has 0 aliphatic heterocycles. The zero-order valence-electron chi connectivity index (χ0n) is 15.5. The van der Waals surface area contributed by atoms with Crippen LogP contribution in [0, 0.1) is 0 Å². The highest BCUT2D eigenvalue weighted by molar-refractivity contribution is 6.35. The van der Waals surface area contributed by atoms with E-state index < -0.39 is 0 Å². The lowest BCUT2D eigenvalue weighted by Gasteiger charge is -2.07. The van der Waals surface area contributed by atoms with Gasteiger partial charge in [0.1, 0.15) is 18.1 Å². The van der Waals surface area contributed by atoms with E-state index in [0.29, 0.717) is 21.6 Å². The minimum atomic E-state index is -0.308. The Morgan fingerprint density at radius 2 is 1.86 bits per heavy atom. The fraction of sp³-hybridized carbons (Fsp3) is 0.227. The summed E-state index contributed by atoms with van der Waals surface area (Å²) in [5.41, 5.74) is 1.99. The molecule has 146 valence electrons. The van der Waals surface area contributed by atoms with Crippen LogP contribution in [0.5, 0.6) is 5.75 Å². The topological polar surface area (TPSA) is 51.5 Å². The molecule has 0 saturated heterocycles. The second-order valence-corrected chi connectivity index (χ2v) is 7.23. The van der Waals surface area contributed by atoms with Crippen molar-refractivity contribution in [2.75, 3.05) is 5.32 Å². The Kier molecular flexibility index (Phi) is 7.01. The van der Waals surface area contributed by atoms with Crippen molar-refractivity contribution in [2.24, 2.45) is 0 Å². The Hall–Kier alpha value is -2.43. The molecule has 1 N–H and O–H groups in total. The van der Waals surface area contributed by atoms with Gasteiger partial charge in [-0.3, -0.25) is 4.79 Å². The molecule has 28 heavy (non-hydrogen) atoms. The van der Waals surface area contributed by atoms with Crippen LogP contribution in [-0.4, -0.2) is 5.91 Å². The van der Waals surface area contributed by atoms with Gasteiger partial charge in [0.05, 0.1) is 5.02 Å². The lowest BCUT2D eigenvalue weighted by atomic mass is 10.1. The summed E-state index contributed by atoms with van der Waals surface area (Å²) >= 11 is 11.9. The van der Waals surface area contributed by atoms with Gasteiger partial charge in [0.25, 0.3) is 5.91 Å². The van der Waals surface area contributed by atoms with Crippen molar-refractivity contribution in [3.05, 3.63) is 81.7 Å². The Labute approximate surface area is 174 Å². The fourth-order valence-electron chi connectivity index (χ4n) is 2.65. The van der Waals surface area contributed by atoms with Crippen molar-refractivity contribution in [1.82, 2.24) is 0 Å². The average Bonchev–Trinajstić information content (AvgIpc) is 3.16. The van der Waals surface area contributed by atoms with Crippen molar-refractivity contribution in [1.29, 1.82) is 0 Å². The maximum absolute atomic E-state index is 12.4. The van der Waals surface area contributed by atoms with Crippen LogP contribution < -0.4 is 10.1 Å². The molecule has 2 aromatic carbocycles. The molecule has 3 aromatic rings. The van der Waals surface area contributed by atoms with Crippen molar-refractivity contribution in [2.45, 2.75) is 32.8 Å². The molecule has 1 heterocycles. The van der Waals surface area contributed by atoms with Crippen LogP contribution in [0.15, 0.2) is 59.0 Å². The van der Waals surface area contributed by atoms with Crippen LogP contribution in [0.1, 0.15) is 41.6 Å². The summed E-state index contributed by atoms with van der Waals surface area (Å²) in [4.78, 5) is 12.4. The highest BCUT2D eigenvalue weighted by atomic mass is 35.5. The SMILES string of the molecule is CCCCc1ccc(NC(=O)c2ccc(COc3ccc(Cl)cc3Cl)o2)cc1. The van der Waals surface area contributed by atoms with E-state index in [2.05, 4.69) is 12.2 Å². The molecule has 4 nitrogen and oxygen atoms in total. The number of hydrogen-bond donors (Lipinski definition) is 1. The molecule has 0 saturated carbocycles. The van der Waals surface area contributed by atoms with E-state index in [1.165, 1.54) is 5.56 Å². The lowest BCUT2D eigenvalue weighted by Crippen LogP contribution is -2.10. The second kappa shape index (κ2) is 9.67. The molecular weight excluding hydrogens is 397 g/mol. The largest absolute Gasteiger partial charge is 0.484 e. The normalized spacial score (nSPS) is 10.7. The van der Waals surface area contributed by atoms with Gasteiger partial charge in [-0.2, -0.15) is 0 Å². The monoisotopic (exact) mass is 417 g/mol. The van der Waals surface area contributed by atoms with Crippen LogP contribution in [0.4, 0.5) is 5.69 Å². The third-order valence-electron chi connectivity index (χ3n) is 4.18. The summed E-state index contributed by atoms with van der Waals surface area (Å²) in [5, 5.41) is 3.79. The van der Waals surface area contributed by atoms with Gasteiger partial charge >= 0.3 is 0 Å². The number of hydrogen-bond acceptors (Lipinski definition) is 3. The van der Waals surface area contributed by atoms with Gasteiger partial charge in [0.15, 0.2) is 5.76 Å². The number of halogens is 2. The predicted molar refractivity (Wildman–Crippen MR) is 113 cm³/mol. The number of nitrogens with one attached hydrogen (secondary N) is 1. The van der Waals surface area contributed by atoms with Gasteiger partial charge in [0, 0.05) is 10.7 Å². The van der Waals surface area contributed by atoms with Crippen LogP contribution in [0.25, 0.3) is 0 Å². The van der Waals surface area contributed by atoms with Gasteiger partial charge in [-0.05, 0) is 60.9 Å². The first-order valence-electron chi connectivity index (χ1n) is 9.12. The molecule has 0 fully saturated rings. The maximum Gasteiger partial charge on any atom is 0.291 e. The Morgan fingerprint density at radius 3 is 2.57 bits per heavy atom. The summed E-state index contributed by atoms with van der Waals surface area (Å²) in [7, 11) is 0. The number of benzene rings is 2. The smallest absolute Gasteiger partial charge is 0.291 e. The number of rotatable bonds is 8. The molecule has 3 rings (SSSR count). The number of aryl methyl sites for hydroxylation is 1. The van der Waals surface area contributed by atoms with Gasteiger partial charge in [-0.1, -0.05) is 48.7 Å². The quantitative estimate of drug-likeness (QED) is 0.440. The van der Waals surface area contributed by atoms with E-state index in [1.54, 1.807) is 30.3 Å². The van der Waals surface area contributed by atoms with Gasteiger partial charge in [-0.15, -0.1) is 0 Å². The summed E-state index contributed by atoms with van der Waals surface area (Å²) in [5.74, 6) is 0.927. The Morgan fingerprint density at radius 1 is 1.07 bits per heavy atom. The number of carbonyl (C=O) groups excluding carboxylic acids is 1. The van der Waals surface area contributed by atoms with Gasteiger partial charge < -0.3 is 14.5 Å². The minimum Gasteiger partial charge on any atom is -0.484 e. The second-order valence-electron chi connectivity index (χ2n) is 6.38. The molecule has 1 aromatic heterocycles. The number of unbranched alkanes of at least 4 members (excludes halogenated alkanes) is 1. The molecule has 0 radical (unpaired) electrons. The minimum absolute atomic E-state index is 0.154. The standard InChI is InChI=1S/C22H21Cl2NO3/c1-2-3-4-15-5-8-17(9-6-15)25-22(26)21-12-10-18(28-21)14-27-20-11-7-16(23)13-19(20)24/h5-13H,2-4,14H2,1H3,(H,25,26). The van der Waals surface area contributed by atoms with E-state index >= 15 is 0 Å². The molecule has 0 atom stereocenters. The highest BCUT2D eigenvalue weighted by Gasteiger charge is 2.12. The predicted octanol–water partition coefficient (Wildman–Crippen LogP) is 6.76. The van der Waals surface area contributed by atoms with Crippen LogP contribution >= 0.6 is 23.2 Å². The van der Waals surface area contributed by atoms with E-state index in [-0.39, 0.29) is 18.3 Å². The summed E-state index contributed by atoms with van der Waals surface area (Å²) in [6, 6.07) is 16.2. The van der Waals surface area contributed by atoms with Crippen LogP contribution in [-0.2, 0) is 13.0 Å². The van der Waals surface area contributed by atoms with Crippen LogP contribution in [0.2, 0.25) is 10.0 Å². The highest BCUT2D eigenvalue weighted by Crippen LogP contribution is 2.28. The van der Waals surface area contributed by atoms with Crippen LogP contribution in [0.3, 0.4) is 0 Å². The van der Waals surface area contributed by atoms with Crippen molar-refractivity contribution in [3.8, 4) is 5.75 Å². The average molecular weight is 418 g/mol. The molecule has 0 aliphatic carbocycles. The number of furan rings is 1. The Bertz CT molecular complexity index is 935. The van der Waals surface area contributed by atoms with E-state index in [1.807, 2.05) is 24.3 Å². The summed E-state index contributed by atoms with van der Waals surface area (Å²) in [6.45, 7) is 2.32.